The third-order valence-electron chi connectivity index (χ3n) is 5.28. The van der Waals surface area contributed by atoms with Gasteiger partial charge in [0.2, 0.25) is 5.91 Å². The molecular formula is C20H17F6IN2O4S. The minimum absolute atomic E-state index is 0.0442. The first-order chi connectivity index (χ1) is 15.6. The average molecular weight is 622 g/mol. The summed E-state index contributed by atoms with van der Waals surface area (Å²) in [4.78, 5) is 12.8. The van der Waals surface area contributed by atoms with E-state index >= 15 is 0 Å². The van der Waals surface area contributed by atoms with Crippen molar-refractivity contribution in [3.05, 3.63) is 59.2 Å². The number of amides is 1. The molecule has 14 heteroatoms. The third kappa shape index (κ3) is 4.90. The summed E-state index contributed by atoms with van der Waals surface area (Å²) in [5, 5.41) is 14.7. The number of sulfone groups is 1. The molecule has 6 nitrogen and oxygen atoms in total. The minimum Gasteiger partial charge on any atom is -0.369 e. The topological polar surface area (TPSA) is 95.5 Å². The van der Waals surface area contributed by atoms with Gasteiger partial charge in [-0.3, -0.25) is 10.1 Å². The van der Waals surface area contributed by atoms with Crippen LogP contribution in [0, 0.1) is 0 Å². The highest BCUT2D eigenvalue weighted by Crippen LogP contribution is 2.50. The molecule has 0 radical (unpaired) electrons. The summed E-state index contributed by atoms with van der Waals surface area (Å²) < 4.78 is 103. The first-order valence-corrected chi connectivity index (χ1v) is 12.7. The van der Waals surface area contributed by atoms with Gasteiger partial charge in [-0.1, -0.05) is 40.8 Å². The van der Waals surface area contributed by atoms with Crippen LogP contribution >= 0.6 is 22.6 Å². The zero-order valence-electron chi connectivity index (χ0n) is 17.0. The lowest BCUT2D eigenvalue weighted by molar-refractivity contribution is -0.376. The predicted molar refractivity (Wildman–Crippen MR) is 118 cm³/mol. The molecular weight excluding hydrogens is 605 g/mol. The number of benzene rings is 2. The second-order valence-electron chi connectivity index (χ2n) is 7.45. The van der Waals surface area contributed by atoms with Gasteiger partial charge in [-0.25, -0.2) is 8.42 Å². The van der Waals surface area contributed by atoms with Crippen molar-refractivity contribution in [2.75, 3.05) is 15.5 Å². The lowest BCUT2D eigenvalue weighted by atomic mass is 9.92. The fraction of sp³-hybridized carbons (Fsp3) is 0.350. The third-order valence-corrected chi connectivity index (χ3v) is 8.27. The first-order valence-electron chi connectivity index (χ1n) is 9.54. The number of nitrogens with one attached hydrogen (secondary N) is 2. The van der Waals surface area contributed by atoms with Crippen LogP contribution in [-0.2, 0) is 26.8 Å². The monoisotopic (exact) mass is 622 g/mol. The fourth-order valence-corrected chi connectivity index (χ4v) is 6.26. The molecule has 1 unspecified atom stereocenters. The van der Waals surface area contributed by atoms with Crippen LogP contribution in [0.2, 0.25) is 0 Å². The van der Waals surface area contributed by atoms with Crippen molar-refractivity contribution in [2.24, 2.45) is 0 Å². The Bertz CT molecular complexity index is 1170. The number of aliphatic hydroxyl groups is 1. The lowest BCUT2D eigenvalue weighted by Gasteiger charge is -2.32. The van der Waals surface area contributed by atoms with Crippen molar-refractivity contribution in [1.82, 2.24) is 5.32 Å². The number of carbonyl (C=O) groups excluding carboxylic acids is 1. The smallest absolute Gasteiger partial charge is 0.369 e. The van der Waals surface area contributed by atoms with Crippen LogP contribution < -0.4 is 10.6 Å². The van der Waals surface area contributed by atoms with E-state index in [0.29, 0.717) is 27.7 Å². The van der Waals surface area contributed by atoms with Crippen molar-refractivity contribution in [1.29, 1.82) is 0 Å². The second-order valence-corrected chi connectivity index (χ2v) is 10.6. The van der Waals surface area contributed by atoms with Crippen molar-refractivity contribution >= 4 is 44.0 Å². The van der Waals surface area contributed by atoms with Gasteiger partial charge in [-0.05, 0) is 35.4 Å². The number of carbonyl (C=O) groups is 1. The van der Waals surface area contributed by atoms with Gasteiger partial charge in [0, 0.05) is 22.2 Å². The van der Waals surface area contributed by atoms with Crippen LogP contribution in [0.15, 0.2) is 47.4 Å². The van der Waals surface area contributed by atoms with Crippen LogP contribution in [0.5, 0.6) is 0 Å². The van der Waals surface area contributed by atoms with Crippen molar-refractivity contribution in [2.45, 2.75) is 35.4 Å². The van der Waals surface area contributed by atoms with Crippen molar-refractivity contribution in [3.8, 4) is 0 Å². The van der Waals surface area contributed by atoms with Crippen molar-refractivity contribution in [3.63, 3.8) is 0 Å². The number of hydrogen-bond donors (Lipinski definition) is 3. The number of anilines is 1. The van der Waals surface area contributed by atoms with E-state index in [9.17, 15) is 44.7 Å². The molecule has 0 bridgehead atoms. The number of alkyl halides is 7. The molecule has 0 saturated heterocycles. The Morgan fingerprint density at radius 3 is 2.18 bits per heavy atom. The van der Waals surface area contributed by atoms with Gasteiger partial charge in [0.15, 0.2) is 9.84 Å². The Kier molecular flexibility index (Phi) is 7.28. The maximum Gasteiger partial charge on any atom is 0.430 e. The van der Waals surface area contributed by atoms with Gasteiger partial charge in [-0.2, -0.15) is 26.3 Å². The zero-order valence-corrected chi connectivity index (χ0v) is 19.9. The molecule has 0 fully saturated rings. The SMILES string of the molecule is O=C(Nc1ccc(C(O)(C(F)(F)F)C(F)(F)F)cc1)C1NCc2cc(S(=O)(=O)CCI)ccc21. The van der Waals surface area contributed by atoms with E-state index in [2.05, 4.69) is 10.6 Å². The van der Waals surface area contributed by atoms with E-state index in [4.69, 9.17) is 0 Å². The highest BCUT2D eigenvalue weighted by molar-refractivity contribution is 14.1. The molecule has 34 heavy (non-hydrogen) atoms. The van der Waals surface area contributed by atoms with Gasteiger partial charge in [0.25, 0.3) is 5.60 Å². The summed E-state index contributed by atoms with van der Waals surface area (Å²) in [6.45, 7) is 0.185. The molecule has 3 rings (SSSR count). The quantitative estimate of drug-likeness (QED) is 0.258. The number of rotatable bonds is 6. The van der Waals surface area contributed by atoms with Gasteiger partial charge >= 0.3 is 12.4 Å². The van der Waals surface area contributed by atoms with E-state index in [-0.39, 0.29) is 22.9 Å². The summed E-state index contributed by atoms with van der Waals surface area (Å²) in [7, 11) is -3.47. The maximum absolute atomic E-state index is 13.0. The largest absolute Gasteiger partial charge is 0.430 e. The Balaban J connectivity index is 1.80. The summed E-state index contributed by atoms with van der Waals surface area (Å²) in [5.74, 6) is -0.700. The number of hydrogen-bond acceptors (Lipinski definition) is 5. The fourth-order valence-electron chi connectivity index (χ4n) is 3.48. The first kappa shape index (κ1) is 26.7. The van der Waals surface area contributed by atoms with Crippen LogP contribution in [-0.4, -0.2) is 42.0 Å². The number of halogens is 7. The molecule has 0 aromatic heterocycles. The molecule has 1 aliphatic rings. The molecule has 1 aliphatic heterocycles. The summed E-state index contributed by atoms with van der Waals surface area (Å²) in [6.07, 6.45) is -12.0. The Morgan fingerprint density at radius 1 is 1.06 bits per heavy atom. The molecule has 3 N–H and O–H groups in total. The molecule has 186 valence electrons. The Labute approximate surface area is 203 Å². The van der Waals surface area contributed by atoms with Gasteiger partial charge in [-0.15, -0.1) is 0 Å². The van der Waals surface area contributed by atoms with E-state index in [0.717, 1.165) is 12.1 Å². The van der Waals surface area contributed by atoms with Gasteiger partial charge in [0.1, 0.15) is 6.04 Å². The molecule has 0 aliphatic carbocycles. The van der Waals surface area contributed by atoms with Crippen LogP contribution in [0.1, 0.15) is 22.7 Å². The molecule has 0 saturated carbocycles. The molecule has 2 aromatic carbocycles. The summed E-state index contributed by atoms with van der Waals surface area (Å²) in [5.41, 5.74) is -5.55. The highest BCUT2D eigenvalue weighted by atomic mass is 127. The molecule has 2 aromatic rings. The van der Waals surface area contributed by atoms with Crippen LogP contribution in [0.3, 0.4) is 0 Å². The van der Waals surface area contributed by atoms with E-state index in [1.54, 1.807) is 0 Å². The lowest BCUT2D eigenvalue weighted by Crippen LogP contribution is -2.53. The molecule has 0 spiro atoms. The Hall–Kier alpha value is -1.91. The Morgan fingerprint density at radius 2 is 1.65 bits per heavy atom. The average Bonchev–Trinajstić information content (AvgIpc) is 3.15. The highest BCUT2D eigenvalue weighted by Gasteiger charge is 2.71. The van der Waals surface area contributed by atoms with Crippen LogP contribution in [0.4, 0.5) is 32.0 Å². The minimum atomic E-state index is -6.02. The van der Waals surface area contributed by atoms with E-state index < -0.39 is 45.3 Å². The van der Waals surface area contributed by atoms with E-state index in [1.807, 2.05) is 22.6 Å². The second kappa shape index (κ2) is 9.28. The standard InChI is InChI=1S/C20H17F6IN2O4S/c21-19(22,23)18(31,20(24,25)26)12-1-3-13(4-2-12)29-17(30)16-15-6-5-14(9-11(15)10-28-16)34(32,33)8-7-27/h1-6,9,16,28,31H,7-8,10H2,(H,29,30). The molecule has 1 atom stereocenters. The molecule has 1 heterocycles. The van der Waals surface area contributed by atoms with Crippen molar-refractivity contribution < 1.29 is 44.7 Å². The van der Waals surface area contributed by atoms with E-state index in [1.165, 1.54) is 18.2 Å². The summed E-state index contributed by atoms with van der Waals surface area (Å²) in [6, 6.07) is 5.87. The maximum atomic E-state index is 13.0. The van der Waals surface area contributed by atoms with Gasteiger partial charge in [0.05, 0.1) is 10.6 Å². The predicted octanol–water partition coefficient (Wildman–Crippen LogP) is 3.99. The van der Waals surface area contributed by atoms with Crippen LogP contribution in [0.25, 0.3) is 0 Å². The molecule has 1 amide bonds. The normalized spacial score (nSPS) is 16.9. The zero-order chi connectivity index (χ0) is 25.5. The number of fused-ring (bicyclic) bond motifs is 1. The summed E-state index contributed by atoms with van der Waals surface area (Å²) >= 11 is 1.94. The van der Waals surface area contributed by atoms with Gasteiger partial charge < -0.3 is 10.4 Å².